The Bertz CT molecular complexity index is 704. The molecule has 0 bridgehead atoms. The first-order valence-corrected chi connectivity index (χ1v) is 6.57. The normalized spacial score (nSPS) is 10.0. The van der Waals surface area contributed by atoms with Gasteiger partial charge in [-0.15, -0.1) is 0 Å². The molecule has 108 valence electrons. The quantitative estimate of drug-likeness (QED) is 0.693. The second-order valence-electron chi connectivity index (χ2n) is 4.01. The molecule has 7 heteroatoms. The van der Waals surface area contributed by atoms with Gasteiger partial charge in [-0.1, -0.05) is 23.2 Å². The molecule has 1 amide bonds. The molecular formula is C14H10Cl2N2O3. The van der Waals surface area contributed by atoms with Crippen molar-refractivity contribution < 1.29 is 14.3 Å². The second-order valence-corrected chi connectivity index (χ2v) is 4.80. The van der Waals surface area contributed by atoms with Gasteiger partial charge in [0.2, 0.25) is 0 Å². The highest BCUT2D eigenvalue weighted by atomic mass is 35.5. The molecule has 5 nitrogen and oxygen atoms in total. The number of halogens is 2. The number of ether oxygens (including phenoxy) is 1. The topological polar surface area (TPSA) is 68.3 Å². The Hall–Kier alpha value is -2.11. The average molecular weight is 325 g/mol. The number of pyridine rings is 1. The lowest BCUT2D eigenvalue weighted by Gasteiger charge is -2.09. The van der Waals surface area contributed by atoms with Crippen LogP contribution in [0.15, 0.2) is 36.5 Å². The standard InChI is InChI=1S/C14H10Cl2N2O3/c1-21-14(20)9-2-3-10(15)11(6-9)18-13(19)8-4-5-17-12(16)7-8/h2-7H,1H3,(H,18,19). The Morgan fingerprint density at radius 1 is 1.14 bits per heavy atom. The number of anilines is 1. The molecule has 0 radical (unpaired) electrons. The van der Waals surface area contributed by atoms with Crippen LogP contribution in [0.5, 0.6) is 0 Å². The van der Waals surface area contributed by atoms with E-state index in [1.54, 1.807) is 0 Å². The number of amides is 1. The summed E-state index contributed by atoms with van der Waals surface area (Å²) >= 11 is 11.7. The van der Waals surface area contributed by atoms with Gasteiger partial charge in [0, 0.05) is 11.8 Å². The Kier molecular flexibility index (Phi) is 4.77. The van der Waals surface area contributed by atoms with Gasteiger partial charge in [0.25, 0.3) is 5.91 Å². The Morgan fingerprint density at radius 2 is 1.90 bits per heavy atom. The van der Waals surface area contributed by atoms with Crippen LogP contribution in [0.4, 0.5) is 5.69 Å². The fourth-order valence-corrected chi connectivity index (χ4v) is 1.94. The predicted octanol–water partition coefficient (Wildman–Crippen LogP) is 3.43. The van der Waals surface area contributed by atoms with Crippen molar-refractivity contribution in [3.8, 4) is 0 Å². The maximum absolute atomic E-state index is 12.1. The van der Waals surface area contributed by atoms with Crippen LogP contribution in [0.1, 0.15) is 20.7 Å². The third kappa shape index (κ3) is 3.71. The zero-order valence-electron chi connectivity index (χ0n) is 10.9. The number of nitrogens with zero attached hydrogens (tertiary/aromatic N) is 1. The van der Waals surface area contributed by atoms with Crippen LogP contribution < -0.4 is 5.32 Å². The van der Waals surface area contributed by atoms with E-state index in [-0.39, 0.29) is 10.7 Å². The Balaban J connectivity index is 2.26. The van der Waals surface area contributed by atoms with Crippen LogP contribution in [0.25, 0.3) is 0 Å². The lowest BCUT2D eigenvalue weighted by Crippen LogP contribution is -2.13. The lowest BCUT2D eigenvalue weighted by atomic mass is 10.2. The first-order valence-electron chi connectivity index (χ1n) is 5.82. The Labute approximate surface area is 130 Å². The van der Waals surface area contributed by atoms with Gasteiger partial charge >= 0.3 is 5.97 Å². The number of rotatable bonds is 3. The van der Waals surface area contributed by atoms with Gasteiger partial charge in [-0.3, -0.25) is 4.79 Å². The van der Waals surface area contributed by atoms with Gasteiger partial charge in [0.15, 0.2) is 0 Å². The molecule has 0 aliphatic carbocycles. The molecule has 0 spiro atoms. The first-order chi connectivity index (χ1) is 10.0. The predicted molar refractivity (Wildman–Crippen MR) is 80.0 cm³/mol. The van der Waals surface area contributed by atoms with E-state index in [9.17, 15) is 9.59 Å². The van der Waals surface area contributed by atoms with Crippen molar-refractivity contribution in [2.75, 3.05) is 12.4 Å². The third-order valence-corrected chi connectivity index (χ3v) is 3.16. The second kappa shape index (κ2) is 6.56. The summed E-state index contributed by atoms with van der Waals surface area (Å²) in [7, 11) is 1.27. The van der Waals surface area contributed by atoms with Crippen molar-refractivity contribution in [3.63, 3.8) is 0 Å². The number of carbonyl (C=O) groups is 2. The highest BCUT2D eigenvalue weighted by Crippen LogP contribution is 2.24. The van der Waals surface area contributed by atoms with Crippen molar-refractivity contribution in [2.45, 2.75) is 0 Å². The van der Waals surface area contributed by atoms with Crippen LogP contribution >= 0.6 is 23.2 Å². The summed E-state index contributed by atoms with van der Waals surface area (Å²) in [6.45, 7) is 0. The van der Waals surface area contributed by atoms with Crippen molar-refractivity contribution in [1.82, 2.24) is 4.98 Å². The van der Waals surface area contributed by atoms with Crippen LogP contribution in [-0.4, -0.2) is 24.0 Å². The number of aromatic nitrogens is 1. The van der Waals surface area contributed by atoms with Gasteiger partial charge in [-0.2, -0.15) is 0 Å². The molecule has 1 aromatic heterocycles. The van der Waals surface area contributed by atoms with E-state index in [1.807, 2.05) is 0 Å². The van der Waals surface area contributed by atoms with Crippen molar-refractivity contribution in [1.29, 1.82) is 0 Å². The zero-order valence-corrected chi connectivity index (χ0v) is 12.4. The number of hydrogen-bond donors (Lipinski definition) is 1. The zero-order chi connectivity index (χ0) is 15.4. The van der Waals surface area contributed by atoms with Crippen LogP contribution in [0.2, 0.25) is 10.2 Å². The van der Waals surface area contributed by atoms with Crippen molar-refractivity contribution in [3.05, 3.63) is 57.8 Å². The van der Waals surface area contributed by atoms with Crippen molar-refractivity contribution >= 4 is 40.8 Å². The van der Waals surface area contributed by atoms with Crippen LogP contribution in [0, 0.1) is 0 Å². The highest BCUT2D eigenvalue weighted by Gasteiger charge is 2.12. The summed E-state index contributed by atoms with van der Waals surface area (Å²) in [4.78, 5) is 27.4. The summed E-state index contributed by atoms with van der Waals surface area (Å²) < 4.78 is 4.62. The molecule has 1 heterocycles. The molecule has 2 rings (SSSR count). The molecular weight excluding hydrogens is 315 g/mol. The third-order valence-electron chi connectivity index (χ3n) is 2.62. The van der Waals surface area contributed by atoms with Gasteiger partial charge < -0.3 is 10.1 Å². The monoisotopic (exact) mass is 324 g/mol. The number of methoxy groups -OCH3 is 1. The van der Waals surface area contributed by atoms with Crippen LogP contribution in [-0.2, 0) is 4.74 Å². The average Bonchev–Trinajstić information content (AvgIpc) is 2.48. The first kappa shape index (κ1) is 15.3. The van der Waals surface area contributed by atoms with Gasteiger partial charge in [0.05, 0.1) is 23.4 Å². The minimum Gasteiger partial charge on any atom is -0.465 e. The molecule has 0 saturated carbocycles. The van der Waals surface area contributed by atoms with E-state index < -0.39 is 11.9 Å². The van der Waals surface area contributed by atoms with E-state index in [2.05, 4.69) is 15.0 Å². The smallest absolute Gasteiger partial charge is 0.337 e. The summed E-state index contributed by atoms with van der Waals surface area (Å²) in [5.74, 6) is -0.933. The SMILES string of the molecule is COC(=O)c1ccc(Cl)c(NC(=O)c2ccnc(Cl)c2)c1. The van der Waals surface area contributed by atoms with E-state index >= 15 is 0 Å². The number of nitrogens with one attached hydrogen (secondary N) is 1. The van der Waals surface area contributed by atoms with Gasteiger partial charge in [-0.05, 0) is 30.3 Å². The largest absolute Gasteiger partial charge is 0.465 e. The molecule has 0 unspecified atom stereocenters. The number of benzene rings is 1. The molecule has 0 aliphatic heterocycles. The number of carbonyl (C=O) groups excluding carboxylic acids is 2. The summed E-state index contributed by atoms with van der Waals surface area (Å²) in [6, 6.07) is 7.39. The summed E-state index contributed by atoms with van der Waals surface area (Å²) in [5, 5.41) is 3.12. The molecule has 2 aromatic rings. The lowest BCUT2D eigenvalue weighted by molar-refractivity contribution is 0.0600. The molecule has 1 aromatic carbocycles. The van der Waals surface area contributed by atoms with E-state index in [1.165, 1.54) is 43.6 Å². The molecule has 0 fully saturated rings. The maximum Gasteiger partial charge on any atom is 0.337 e. The fourth-order valence-electron chi connectivity index (χ4n) is 1.60. The van der Waals surface area contributed by atoms with Crippen molar-refractivity contribution in [2.24, 2.45) is 0 Å². The minimum atomic E-state index is -0.519. The van der Waals surface area contributed by atoms with E-state index in [4.69, 9.17) is 23.2 Å². The highest BCUT2D eigenvalue weighted by molar-refractivity contribution is 6.34. The maximum atomic E-state index is 12.1. The molecule has 0 saturated heterocycles. The molecule has 0 atom stereocenters. The fraction of sp³-hybridized carbons (Fsp3) is 0.0714. The molecule has 21 heavy (non-hydrogen) atoms. The summed E-state index contributed by atoms with van der Waals surface area (Å²) in [6.07, 6.45) is 1.42. The molecule has 0 aliphatic rings. The van der Waals surface area contributed by atoms with Gasteiger partial charge in [0.1, 0.15) is 5.15 Å². The molecule has 1 N–H and O–H groups in total. The van der Waals surface area contributed by atoms with Crippen LogP contribution in [0.3, 0.4) is 0 Å². The van der Waals surface area contributed by atoms with E-state index in [0.29, 0.717) is 16.3 Å². The van der Waals surface area contributed by atoms with Gasteiger partial charge in [-0.25, -0.2) is 9.78 Å². The number of esters is 1. The number of hydrogen-bond acceptors (Lipinski definition) is 4. The minimum absolute atomic E-state index is 0.206. The summed E-state index contributed by atoms with van der Waals surface area (Å²) in [5.41, 5.74) is 0.914. The van der Waals surface area contributed by atoms with E-state index in [0.717, 1.165) is 0 Å². The Morgan fingerprint density at radius 3 is 2.57 bits per heavy atom.